The number of aromatic nitrogens is 1. The number of carboxylic acids is 1. The molecule has 3 N–H and O–H groups in total. The van der Waals surface area contributed by atoms with E-state index in [2.05, 4.69) is 9.71 Å². The van der Waals surface area contributed by atoms with Crippen molar-refractivity contribution in [2.24, 2.45) is 0 Å². The maximum atomic E-state index is 12.9. The third-order valence-electron chi connectivity index (χ3n) is 5.15. The normalized spacial score (nSPS) is 12.7. The molecule has 3 aromatic carbocycles. The lowest BCUT2D eigenvalue weighted by atomic mass is 9.91. The van der Waals surface area contributed by atoms with Gasteiger partial charge in [0.05, 0.1) is 10.5 Å². The lowest BCUT2D eigenvalue weighted by molar-refractivity contribution is 0.0696. The van der Waals surface area contributed by atoms with Crippen LogP contribution < -0.4 is 4.72 Å². The van der Waals surface area contributed by atoms with Crippen molar-refractivity contribution in [1.29, 1.82) is 0 Å². The number of H-pyrrole nitrogens is 1. The highest BCUT2D eigenvalue weighted by molar-refractivity contribution is 7.89. The van der Waals surface area contributed by atoms with Crippen LogP contribution in [0, 0.1) is 0 Å². The molecule has 1 aromatic heterocycles. The molecule has 0 aliphatic carbocycles. The first-order chi connectivity index (χ1) is 14.9. The number of para-hydroxylation sites is 1. The summed E-state index contributed by atoms with van der Waals surface area (Å²) in [6.45, 7) is 0.0468. The highest BCUT2D eigenvalue weighted by Crippen LogP contribution is 2.34. The Balaban J connectivity index is 1.71. The fraction of sp³-hybridized carbons (Fsp3) is 0.0870. The first-order valence-corrected chi connectivity index (χ1v) is 11.4. The van der Waals surface area contributed by atoms with Crippen molar-refractivity contribution in [1.82, 2.24) is 9.71 Å². The van der Waals surface area contributed by atoms with Crippen LogP contribution in [-0.4, -0.2) is 31.0 Å². The Morgan fingerprint density at radius 3 is 2.52 bits per heavy atom. The van der Waals surface area contributed by atoms with Crippen LogP contribution in [0.1, 0.15) is 27.4 Å². The van der Waals surface area contributed by atoms with Gasteiger partial charge in [-0.15, -0.1) is 0 Å². The van der Waals surface area contributed by atoms with Gasteiger partial charge in [-0.25, -0.2) is 17.9 Å². The summed E-state index contributed by atoms with van der Waals surface area (Å²) in [5.74, 6) is -1.55. The van der Waals surface area contributed by atoms with Crippen LogP contribution in [0.4, 0.5) is 0 Å². The molecular formula is C23H19ClN2O4S. The van der Waals surface area contributed by atoms with Crippen molar-refractivity contribution in [3.8, 4) is 0 Å². The summed E-state index contributed by atoms with van der Waals surface area (Å²) in [7, 11) is -3.94. The lowest BCUT2D eigenvalue weighted by Crippen LogP contribution is -2.29. The van der Waals surface area contributed by atoms with Crippen LogP contribution in [0.5, 0.6) is 0 Å². The molecule has 0 aliphatic heterocycles. The average molecular weight is 455 g/mol. The summed E-state index contributed by atoms with van der Waals surface area (Å²) >= 11 is 6.46. The highest BCUT2D eigenvalue weighted by Gasteiger charge is 2.24. The van der Waals surface area contributed by atoms with Crippen molar-refractivity contribution >= 4 is 38.5 Å². The highest BCUT2D eigenvalue weighted by atomic mass is 35.5. The summed E-state index contributed by atoms with van der Waals surface area (Å²) < 4.78 is 28.5. The van der Waals surface area contributed by atoms with Crippen molar-refractivity contribution in [3.63, 3.8) is 0 Å². The molecule has 0 saturated carbocycles. The van der Waals surface area contributed by atoms with Gasteiger partial charge in [0.15, 0.2) is 0 Å². The van der Waals surface area contributed by atoms with E-state index >= 15 is 0 Å². The topological polar surface area (TPSA) is 99.3 Å². The van der Waals surface area contributed by atoms with E-state index in [1.165, 1.54) is 18.2 Å². The van der Waals surface area contributed by atoms with Crippen LogP contribution in [0.15, 0.2) is 83.9 Å². The summed E-state index contributed by atoms with van der Waals surface area (Å²) in [5, 5.41) is 10.7. The number of halogens is 1. The Morgan fingerprint density at radius 2 is 1.74 bits per heavy atom. The number of nitrogens with one attached hydrogen (secondary N) is 2. The van der Waals surface area contributed by atoms with Crippen LogP contribution >= 0.6 is 11.6 Å². The van der Waals surface area contributed by atoms with E-state index < -0.39 is 16.0 Å². The third kappa shape index (κ3) is 4.34. The van der Waals surface area contributed by atoms with Crippen molar-refractivity contribution in [2.45, 2.75) is 10.8 Å². The average Bonchev–Trinajstić information content (AvgIpc) is 3.19. The van der Waals surface area contributed by atoms with Crippen molar-refractivity contribution in [2.75, 3.05) is 6.54 Å². The maximum Gasteiger partial charge on any atom is 0.335 e. The van der Waals surface area contributed by atoms with E-state index in [0.29, 0.717) is 5.02 Å². The Kier molecular flexibility index (Phi) is 5.82. The van der Waals surface area contributed by atoms with Gasteiger partial charge in [-0.1, -0.05) is 54.1 Å². The second kappa shape index (κ2) is 8.55. The molecule has 8 heteroatoms. The number of sulfonamides is 1. The SMILES string of the molecule is O=C(O)c1cccc(S(=O)(=O)NC[C@H](c2ccccc2Cl)c2c[nH]c3ccccc23)c1. The molecule has 4 aromatic rings. The molecule has 0 fully saturated rings. The first-order valence-electron chi connectivity index (χ1n) is 9.50. The van der Waals surface area contributed by atoms with Crippen LogP contribution in [0.2, 0.25) is 5.02 Å². The standard InChI is InChI=1S/C23H19ClN2O4S/c24-21-10-3-1-8-17(21)20(19-13-25-22-11-4-2-9-18(19)22)14-26-31(29,30)16-7-5-6-15(12-16)23(27)28/h1-13,20,25-26H,14H2,(H,27,28)/t20-/m1/s1. The minimum Gasteiger partial charge on any atom is -0.478 e. The van der Waals surface area contributed by atoms with Crippen LogP contribution in [0.25, 0.3) is 10.9 Å². The number of aromatic amines is 1. The fourth-order valence-electron chi connectivity index (χ4n) is 3.60. The molecule has 0 aliphatic rings. The zero-order valence-electron chi connectivity index (χ0n) is 16.2. The van der Waals surface area contributed by atoms with Crippen LogP contribution in [-0.2, 0) is 10.0 Å². The van der Waals surface area contributed by atoms with Gasteiger partial charge in [0, 0.05) is 34.6 Å². The van der Waals surface area contributed by atoms with Gasteiger partial charge in [0.1, 0.15) is 0 Å². The van der Waals surface area contributed by atoms with Gasteiger partial charge in [-0.2, -0.15) is 0 Å². The van der Waals surface area contributed by atoms with Gasteiger partial charge in [-0.05, 0) is 41.5 Å². The molecule has 0 saturated heterocycles. The van der Waals surface area contributed by atoms with Gasteiger partial charge in [0.2, 0.25) is 10.0 Å². The quantitative estimate of drug-likeness (QED) is 0.379. The minimum absolute atomic E-state index is 0.0468. The molecule has 158 valence electrons. The monoisotopic (exact) mass is 454 g/mol. The van der Waals surface area contributed by atoms with Gasteiger partial charge < -0.3 is 10.1 Å². The minimum atomic E-state index is -3.94. The number of fused-ring (bicyclic) bond motifs is 1. The Hall–Kier alpha value is -3.13. The van der Waals surface area contributed by atoms with E-state index in [4.69, 9.17) is 16.7 Å². The molecule has 0 radical (unpaired) electrons. The van der Waals surface area contributed by atoms with E-state index in [1.807, 2.05) is 48.7 Å². The van der Waals surface area contributed by atoms with Crippen LogP contribution in [0.3, 0.4) is 0 Å². The molecule has 1 atom stereocenters. The Morgan fingerprint density at radius 1 is 1.00 bits per heavy atom. The van der Waals surface area contributed by atoms with Gasteiger partial charge >= 0.3 is 5.97 Å². The number of hydrogen-bond acceptors (Lipinski definition) is 3. The van der Waals surface area contributed by atoms with Crippen molar-refractivity contribution < 1.29 is 18.3 Å². The molecule has 0 unspecified atom stereocenters. The Bertz CT molecular complexity index is 1360. The molecule has 31 heavy (non-hydrogen) atoms. The predicted octanol–water partition coefficient (Wildman–Crippen LogP) is 4.63. The molecule has 1 heterocycles. The number of rotatable bonds is 7. The number of carbonyl (C=O) groups is 1. The predicted molar refractivity (Wildman–Crippen MR) is 120 cm³/mol. The number of carboxylic acid groups (broad SMARTS) is 1. The molecular weight excluding hydrogens is 436 g/mol. The molecule has 4 rings (SSSR count). The largest absolute Gasteiger partial charge is 0.478 e. The number of aromatic carboxylic acids is 1. The maximum absolute atomic E-state index is 12.9. The smallest absolute Gasteiger partial charge is 0.335 e. The summed E-state index contributed by atoms with van der Waals surface area (Å²) in [5.41, 5.74) is 2.54. The zero-order chi connectivity index (χ0) is 22.0. The summed E-state index contributed by atoms with van der Waals surface area (Å²) in [4.78, 5) is 14.3. The number of hydrogen-bond donors (Lipinski definition) is 3. The molecule has 6 nitrogen and oxygen atoms in total. The van der Waals surface area contributed by atoms with E-state index in [0.717, 1.165) is 28.1 Å². The second-order valence-corrected chi connectivity index (χ2v) is 9.22. The fourth-order valence-corrected chi connectivity index (χ4v) is 4.96. The second-order valence-electron chi connectivity index (χ2n) is 7.05. The lowest BCUT2D eigenvalue weighted by Gasteiger charge is -2.19. The van der Waals surface area contributed by atoms with Crippen molar-refractivity contribution in [3.05, 3.63) is 101 Å². The number of benzene rings is 3. The molecule has 0 bridgehead atoms. The molecule has 0 spiro atoms. The van der Waals surface area contributed by atoms with E-state index in [-0.39, 0.29) is 22.9 Å². The molecule has 0 amide bonds. The summed E-state index contributed by atoms with van der Waals surface area (Å²) in [6, 6.07) is 20.3. The third-order valence-corrected chi connectivity index (χ3v) is 6.91. The first kappa shape index (κ1) is 21.1. The zero-order valence-corrected chi connectivity index (χ0v) is 17.8. The van der Waals surface area contributed by atoms with E-state index in [9.17, 15) is 13.2 Å². The Labute approximate surface area is 184 Å². The van der Waals surface area contributed by atoms with Gasteiger partial charge in [-0.3, -0.25) is 0 Å². The van der Waals surface area contributed by atoms with Gasteiger partial charge in [0.25, 0.3) is 0 Å². The van der Waals surface area contributed by atoms with E-state index in [1.54, 1.807) is 6.07 Å². The summed E-state index contributed by atoms with van der Waals surface area (Å²) in [6.07, 6.45) is 1.86.